The van der Waals surface area contributed by atoms with Crippen LogP contribution in [0.5, 0.6) is 0 Å². The van der Waals surface area contributed by atoms with Crippen LogP contribution < -0.4 is 10.5 Å². The summed E-state index contributed by atoms with van der Waals surface area (Å²) in [6, 6.07) is 8.15. The summed E-state index contributed by atoms with van der Waals surface area (Å²) in [5, 5.41) is 9.83. The van der Waals surface area contributed by atoms with Crippen molar-refractivity contribution in [3.05, 3.63) is 58.6 Å². The number of aromatic nitrogens is 2. The normalized spacial score (nSPS) is 12.4. The van der Waals surface area contributed by atoms with Gasteiger partial charge >= 0.3 is 0 Å². The first-order chi connectivity index (χ1) is 11.9. The van der Waals surface area contributed by atoms with Gasteiger partial charge in [0.05, 0.1) is 6.04 Å². The molecule has 0 aliphatic heterocycles. The highest BCUT2D eigenvalue weighted by Crippen LogP contribution is 2.24. The summed E-state index contributed by atoms with van der Waals surface area (Å²) >= 11 is 6.76. The molecule has 3 aromatic rings. The molecule has 1 amide bonds. The monoisotopic (exact) mass is 378 g/mol. The number of nitrogens with one attached hydrogen (secondary N) is 1. The van der Waals surface area contributed by atoms with Crippen LogP contribution in [0.25, 0.3) is 10.9 Å². The lowest BCUT2D eigenvalue weighted by molar-refractivity contribution is 0.0932. The van der Waals surface area contributed by atoms with Crippen LogP contribution in [0.3, 0.4) is 0 Å². The van der Waals surface area contributed by atoms with Crippen LogP contribution in [0.4, 0.5) is 4.39 Å². The highest BCUT2D eigenvalue weighted by molar-refractivity contribution is 7.97. The van der Waals surface area contributed by atoms with Crippen molar-refractivity contribution in [2.75, 3.05) is 0 Å². The molecule has 0 aliphatic rings. The molecule has 3 rings (SSSR count). The van der Waals surface area contributed by atoms with E-state index in [4.69, 9.17) is 16.7 Å². The Labute approximate surface area is 153 Å². The number of fused-ring (bicyclic) bond motifs is 1. The molecule has 3 N–H and O–H groups in total. The molecule has 2 aromatic heterocycles. The van der Waals surface area contributed by atoms with Crippen molar-refractivity contribution in [2.24, 2.45) is 12.2 Å². The van der Waals surface area contributed by atoms with Gasteiger partial charge in [-0.05, 0) is 48.7 Å². The van der Waals surface area contributed by atoms with Crippen LogP contribution in [0.1, 0.15) is 29.0 Å². The molecule has 0 fully saturated rings. The largest absolute Gasteiger partial charge is 0.344 e. The summed E-state index contributed by atoms with van der Waals surface area (Å²) in [6.45, 7) is 1.77. The predicted molar refractivity (Wildman–Crippen MR) is 98.0 cm³/mol. The van der Waals surface area contributed by atoms with Crippen molar-refractivity contribution in [1.82, 2.24) is 14.9 Å². The number of carbonyl (C=O) groups excluding carboxylic acids is 1. The molecule has 25 heavy (non-hydrogen) atoms. The molecule has 1 atom stereocenters. The Morgan fingerprint density at radius 2 is 2.16 bits per heavy atom. The lowest BCUT2D eigenvalue weighted by atomic mass is 10.1. The third kappa shape index (κ3) is 3.49. The average molecular weight is 379 g/mol. The van der Waals surface area contributed by atoms with Gasteiger partial charge in [-0.1, -0.05) is 17.7 Å². The molecule has 1 unspecified atom stereocenters. The first-order valence-corrected chi connectivity index (χ1v) is 8.74. The third-order valence-corrected chi connectivity index (χ3v) is 4.79. The van der Waals surface area contributed by atoms with Gasteiger partial charge < -0.3 is 9.88 Å². The maximum absolute atomic E-state index is 13.8. The second-order valence-electron chi connectivity index (χ2n) is 5.66. The van der Waals surface area contributed by atoms with E-state index in [0.717, 1.165) is 22.9 Å². The topological polar surface area (TPSA) is 72.9 Å². The number of aryl methyl sites for hydroxylation is 1. The minimum Gasteiger partial charge on any atom is -0.344 e. The van der Waals surface area contributed by atoms with Crippen LogP contribution in [0, 0.1) is 5.82 Å². The zero-order chi connectivity index (χ0) is 18.1. The maximum Gasteiger partial charge on any atom is 0.268 e. The second kappa shape index (κ2) is 7.03. The van der Waals surface area contributed by atoms with E-state index in [-0.39, 0.29) is 10.9 Å². The Morgan fingerprint density at radius 1 is 1.40 bits per heavy atom. The standard InChI is InChI=1S/C17H16ClFN4OS/c1-9(11-5-13(19)17(25-20)21-8-11)22-16(24)15-6-10-3-4-12(18)7-14(10)23(15)2/h3-9H,20H2,1-2H3,(H,22,24). The number of hydrogen-bond donors (Lipinski definition) is 2. The van der Waals surface area contributed by atoms with Gasteiger partial charge in [0.1, 0.15) is 10.7 Å². The molecule has 0 radical (unpaired) electrons. The fourth-order valence-electron chi connectivity index (χ4n) is 2.64. The van der Waals surface area contributed by atoms with Crippen LogP contribution in [-0.2, 0) is 7.05 Å². The van der Waals surface area contributed by atoms with Gasteiger partial charge in [0.15, 0.2) is 5.82 Å². The third-order valence-electron chi connectivity index (χ3n) is 4.03. The molecule has 130 valence electrons. The smallest absolute Gasteiger partial charge is 0.268 e. The Hall–Kier alpha value is -2.09. The van der Waals surface area contributed by atoms with Crippen molar-refractivity contribution in [3.63, 3.8) is 0 Å². The van der Waals surface area contributed by atoms with Crippen molar-refractivity contribution in [3.8, 4) is 0 Å². The van der Waals surface area contributed by atoms with Crippen LogP contribution in [0.2, 0.25) is 5.02 Å². The lowest BCUT2D eigenvalue weighted by Crippen LogP contribution is -2.28. The van der Waals surface area contributed by atoms with Crippen molar-refractivity contribution >= 4 is 40.4 Å². The minimum atomic E-state index is -0.509. The highest BCUT2D eigenvalue weighted by Gasteiger charge is 2.17. The van der Waals surface area contributed by atoms with E-state index in [1.54, 1.807) is 36.7 Å². The van der Waals surface area contributed by atoms with Crippen LogP contribution in [0.15, 0.2) is 41.6 Å². The molecule has 1 aromatic carbocycles. The van der Waals surface area contributed by atoms with E-state index in [9.17, 15) is 9.18 Å². The fourth-order valence-corrected chi connectivity index (χ4v) is 3.09. The summed E-state index contributed by atoms with van der Waals surface area (Å²) in [6.07, 6.45) is 1.50. The van der Waals surface area contributed by atoms with Gasteiger partial charge in [0, 0.05) is 29.2 Å². The number of benzene rings is 1. The quantitative estimate of drug-likeness (QED) is 0.677. The Bertz CT molecular complexity index is 959. The number of hydrogen-bond acceptors (Lipinski definition) is 4. The van der Waals surface area contributed by atoms with Crippen molar-refractivity contribution in [1.29, 1.82) is 0 Å². The first kappa shape index (κ1) is 17.7. The SMILES string of the molecule is CC(NC(=O)c1cc2ccc(Cl)cc2n1C)c1cnc(SN)c(F)c1. The Kier molecular flexibility index (Phi) is 4.99. The molecule has 0 saturated heterocycles. The van der Waals surface area contributed by atoms with Gasteiger partial charge in [0.25, 0.3) is 5.91 Å². The summed E-state index contributed by atoms with van der Waals surface area (Å²) in [5.74, 6) is -0.773. The van der Waals surface area contributed by atoms with Crippen LogP contribution >= 0.6 is 23.5 Å². The van der Waals surface area contributed by atoms with E-state index >= 15 is 0 Å². The molecule has 8 heteroatoms. The van der Waals surface area contributed by atoms with E-state index < -0.39 is 11.9 Å². The van der Waals surface area contributed by atoms with E-state index in [2.05, 4.69) is 10.3 Å². The first-order valence-electron chi connectivity index (χ1n) is 7.48. The molecule has 0 aliphatic carbocycles. The molecule has 0 spiro atoms. The molecule has 2 heterocycles. The van der Waals surface area contributed by atoms with Gasteiger partial charge in [-0.15, -0.1) is 0 Å². The lowest BCUT2D eigenvalue weighted by Gasteiger charge is -2.15. The van der Waals surface area contributed by atoms with Crippen molar-refractivity contribution in [2.45, 2.75) is 18.0 Å². The minimum absolute atomic E-state index is 0.118. The average Bonchev–Trinajstić information content (AvgIpc) is 2.91. The number of pyridine rings is 1. The van der Waals surface area contributed by atoms with Gasteiger partial charge in [-0.25, -0.2) is 9.37 Å². The zero-order valence-electron chi connectivity index (χ0n) is 13.6. The number of amides is 1. The van der Waals surface area contributed by atoms with E-state index in [1.807, 2.05) is 6.07 Å². The van der Waals surface area contributed by atoms with Gasteiger partial charge in [0.2, 0.25) is 0 Å². The molecule has 0 bridgehead atoms. The summed E-state index contributed by atoms with van der Waals surface area (Å²) in [4.78, 5) is 16.6. The number of carbonyl (C=O) groups is 1. The summed E-state index contributed by atoms with van der Waals surface area (Å²) < 4.78 is 15.6. The maximum atomic E-state index is 13.8. The molecular formula is C17H16ClFN4OS. The van der Waals surface area contributed by atoms with E-state index in [0.29, 0.717) is 16.3 Å². The number of nitrogens with zero attached hydrogens (tertiary/aromatic N) is 2. The Morgan fingerprint density at radius 3 is 2.84 bits per heavy atom. The second-order valence-corrected chi connectivity index (χ2v) is 6.72. The molecule has 0 saturated carbocycles. The molecule has 5 nitrogen and oxygen atoms in total. The highest BCUT2D eigenvalue weighted by atomic mass is 35.5. The number of rotatable bonds is 4. The fraction of sp³-hybridized carbons (Fsp3) is 0.176. The molecular weight excluding hydrogens is 363 g/mol. The van der Waals surface area contributed by atoms with E-state index in [1.165, 1.54) is 12.3 Å². The van der Waals surface area contributed by atoms with Gasteiger partial charge in [-0.3, -0.25) is 9.93 Å². The number of nitrogens with two attached hydrogens (primary N) is 1. The number of halogens is 2. The zero-order valence-corrected chi connectivity index (χ0v) is 15.2. The van der Waals surface area contributed by atoms with Crippen molar-refractivity contribution < 1.29 is 9.18 Å². The van der Waals surface area contributed by atoms with Gasteiger partial charge in [-0.2, -0.15) is 0 Å². The Balaban J connectivity index is 1.84. The summed E-state index contributed by atoms with van der Waals surface area (Å²) in [5.41, 5.74) is 1.92. The predicted octanol–water partition coefficient (Wildman–Crippen LogP) is 3.82. The summed E-state index contributed by atoms with van der Waals surface area (Å²) in [7, 11) is 1.80. The van der Waals surface area contributed by atoms with Crippen LogP contribution in [-0.4, -0.2) is 15.5 Å².